The molecule has 0 unspecified atom stereocenters. The zero-order valence-corrected chi connectivity index (χ0v) is 13.1. The third-order valence-corrected chi connectivity index (χ3v) is 3.96. The largest absolute Gasteiger partial charge is 0.493 e. The van der Waals surface area contributed by atoms with Gasteiger partial charge < -0.3 is 14.5 Å². The molecule has 0 aliphatic heterocycles. The molecule has 4 aromatic rings. The van der Waals surface area contributed by atoms with E-state index < -0.39 is 0 Å². The Balaban J connectivity index is 1.65. The molecule has 1 heterocycles. The van der Waals surface area contributed by atoms with Crippen molar-refractivity contribution in [2.24, 2.45) is 0 Å². The van der Waals surface area contributed by atoms with E-state index >= 15 is 0 Å². The van der Waals surface area contributed by atoms with E-state index in [1.165, 1.54) is 0 Å². The van der Waals surface area contributed by atoms with Gasteiger partial charge in [-0.3, -0.25) is 4.79 Å². The molecule has 0 fully saturated rings. The van der Waals surface area contributed by atoms with Crippen LogP contribution in [0.15, 0.2) is 71.1 Å². The summed E-state index contributed by atoms with van der Waals surface area (Å²) in [6.45, 7) is 0. The average molecular weight is 317 g/mol. The van der Waals surface area contributed by atoms with Crippen LogP contribution in [-0.4, -0.2) is 13.0 Å². The summed E-state index contributed by atoms with van der Waals surface area (Å²) < 4.78 is 10.9. The lowest BCUT2D eigenvalue weighted by Crippen LogP contribution is -2.10. The number of rotatable bonds is 3. The summed E-state index contributed by atoms with van der Waals surface area (Å²) >= 11 is 0. The molecule has 0 radical (unpaired) electrons. The summed E-state index contributed by atoms with van der Waals surface area (Å²) in [4.78, 5) is 12.5. The number of ether oxygens (including phenoxy) is 1. The van der Waals surface area contributed by atoms with E-state index in [0.29, 0.717) is 11.3 Å². The van der Waals surface area contributed by atoms with Crippen molar-refractivity contribution in [1.29, 1.82) is 0 Å². The van der Waals surface area contributed by atoms with Gasteiger partial charge in [0.1, 0.15) is 0 Å². The fourth-order valence-corrected chi connectivity index (χ4v) is 2.77. The fraction of sp³-hybridized carbons (Fsp3) is 0.0500. The van der Waals surface area contributed by atoms with Crippen molar-refractivity contribution in [2.75, 3.05) is 12.4 Å². The number of hydrogen-bond acceptors (Lipinski definition) is 3. The SMILES string of the molecule is COc1cccc2cc(C(=O)Nc3ccc4ccccc4c3)oc12. The second-order valence-electron chi connectivity index (χ2n) is 5.51. The van der Waals surface area contributed by atoms with Gasteiger partial charge in [0.25, 0.3) is 5.91 Å². The summed E-state index contributed by atoms with van der Waals surface area (Å²) in [6.07, 6.45) is 0. The molecule has 3 aromatic carbocycles. The number of carbonyl (C=O) groups is 1. The molecule has 0 aliphatic rings. The smallest absolute Gasteiger partial charge is 0.291 e. The van der Waals surface area contributed by atoms with Crippen LogP contribution in [0.5, 0.6) is 5.75 Å². The van der Waals surface area contributed by atoms with Crippen LogP contribution in [0, 0.1) is 0 Å². The topological polar surface area (TPSA) is 51.5 Å². The van der Waals surface area contributed by atoms with Crippen LogP contribution >= 0.6 is 0 Å². The molecular weight excluding hydrogens is 302 g/mol. The Labute approximate surface area is 138 Å². The molecule has 118 valence electrons. The maximum Gasteiger partial charge on any atom is 0.291 e. The van der Waals surface area contributed by atoms with E-state index in [1.54, 1.807) is 19.2 Å². The van der Waals surface area contributed by atoms with Crippen molar-refractivity contribution in [3.63, 3.8) is 0 Å². The lowest BCUT2D eigenvalue weighted by molar-refractivity contribution is 0.0998. The molecule has 1 aromatic heterocycles. The molecule has 4 nitrogen and oxygen atoms in total. The Bertz CT molecular complexity index is 1050. The molecule has 4 heteroatoms. The predicted octanol–water partition coefficient (Wildman–Crippen LogP) is 4.85. The molecule has 0 saturated heterocycles. The first-order valence-electron chi connectivity index (χ1n) is 7.61. The average Bonchev–Trinajstić information content (AvgIpc) is 3.06. The molecule has 0 atom stereocenters. The number of benzene rings is 3. The van der Waals surface area contributed by atoms with E-state index in [-0.39, 0.29) is 11.7 Å². The number of hydrogen-bond donors (Lipinski definition) is 1. The van der Waals surface area contributed by atoms with Crippen molar-refractivity contribution in [2.45, 2.75) is 0 Å². The van der Waals surface area contributed by atoms with Gasteiger partial charge in [-0.1, -0.05) is 42.5 Å². The number of carbonyl (C=O) groups excluding carboxylic acids is 1. The number of anilines is 1. The Morgan fingerprint density at radius 3 is 2.54 bits per heavy atom. The number of fused-ring (bicyclic) bond motifs is 2. The Kier molecular flexibility index (Phi) is 3.43. The highest BCUT2D eigenvalue weighted by molar-refractivity contribution is 6.06. The lowest BCUT2D eigenvalue weighted by Gasteiger charge is -2.05. The summed E-state index contributed by atoms with van der Waals surface area (Å²) in [5.41, 5.74) is 1.30. The van der Waals surface area contributed by atoms with Gasteiger partial charge in [-0.25, -0.2) is 0 Å². The number of furan rings is 1. The van der Waals surface area contributed by atoms with Crippen LogP contribution in [-0.2, 0) is 0 Å². The van der Waals surface area contributed by atoms with Gasteiger partial charge in [0.15, 0.2) is 17.1 Å². The maximum atomic E-state index is 12.5. The van der Waals surface area contributed by atoms with E-state index in [0.717, 1.165) is 21.8 Å². The summed E-state index contributed by atoms with van der Waals surface area (Å²) in [5, 5.41) is 5.91. The van der Waals surface area contributed by atoms with E-state index in [1.807, 2.05) is 54.6 Å². The summed E-state index contributed by atoms with van der Waals surface area (Å²) in [7, 11) is 1.58. The second-order valence-corrected chi connectivity index (χ2v) is 5.51. The molecular formula is C20H15NO3. The third kappa shape index (κ3) is 2.48. The Morgan fingerprint density at radius 2 is 1.71 bits per heavy atom. The molecule has 0 bridgehead atoms. The van der Waals surface area contributed by atoms with Crippen LogP contribution in [0.1, 0.15) is 10.6 Å². The summed E-state index contributed by atoms with van der Waals surface area (Å²) in [6, 6.07) is 21.1. The van der Waals surface area contributed by atoms with Crippen LogP contribution < -0.4 is 10.1 Å². The number of para-hydroxylation sites is 1. The van der Waals surface area contributed by atoms with Gasteiger partial charge in [0.2, 0.25) is 0 Å². The van der Waals surface area contributed by atoms with Gasteiger partial charge in [0.05, 0.1) is 7.11 Å². The lowest BCUT2D eigenvalue weighted by atomic mass is 10.1. The van der Waals surface area contributed by atoms with Gasteiger partial charge >= 0.3 is 0 Å². The van der Waals surface area contributed by atoms with Crippen molar-refractivity contribution in [3.05, 3.63) is 72.5 Å². The van der Waals surface area contributed by atoms with Crippen molar-refractivity contribution >= 4 is 33.3 Å². The molecule has 4 rings (SSSR count). The fourth-order valence-electron chi connectivity index (χ4n) is 2.77. The zero-order chi connectivity index (χ0) is 16.5. The Hall–Kier alpha value is -3.27. The number of amides is 1. The molecule has 0 aliphatic carbocycles. The van der Waals surface area contributed by atoms with E-state index in [9.17, 15) is 4.79 Å². The third-order valence-electron chi connectivity index (χ3n) is 3.96. The second kappa shape index (κ2) is 5.74. The molecule has 0 saturated carbocycles. The quantitative estimate of drug-likeness (QED) is 0.588. The molecule has 1 N–H and O–H groups in total. The van der Waals surface area contributed by atoms with Gasteiger partial charge in [-0.15, -0.1) is 0 Å². The maximum absolute atomic E-state index is 12.5. The number of nitrogens with one attached hydrogen (secondary N) is 1. The van der Waals surface area contributed by atoms with Crippen LogP contribution in [0.4, 0.5) is 5.69 Å². The van der Waals surface area contributed by atoms with Gasteiger partial charge in [-0.2, -0.15) is 0 Å². The van der Waals surface area contributed by atoms with E-state index in [2.05, 4.69) is 5.32 Å². The minimum absolute atomic E-state index is 0.252. The highest BCUT2D eigenvalue weighted by atomic mass is 16.5. The number of methoxy groups -OCH3 is 1. The normalized spacial score (nSPS) is 10.9. The standard InChI is InChI=1S/C20H15NO3/c1-23-17-8-4-7-15-12-18(24-19(15)17)20(22)21-16-10-9-13-5-2-3-6-14(13)11-16/h2-12H,1H3,(H,21,22). The minimum Gasteiger partial charge on any atom is -0.493 e. The first-order chi connectivity index (χ1) is 11.7. The first-order valence-corrected chi connectivity index (χ1v) is 7.61. The van der Waals surface area contributed by atoms with Gasteiger partial charge in [-0.05, 0) is 35.0 Å². The Morgan fingerprint density at radius 1 is 0.917 bits per heavy atom. The highest BCUT2D eigenvalue weighted by Crippen LogP contribution is 2.29. The monoisotopic (exact) mass is 317 g/mol. The zero-order valence-electron chi connectivity index (χ0n) is 13.1. The minimum atomic E-state index is -0.288. The van der Waals surface area contributed by atoms with Crippen LogP contribution in [0.2, 0.25) is 0 Å². The van der Waals surface area contributed by atoms with Crippen LogP contribution in [0.3, 0.4) is 0 Å². The van der Waals surface area contributed by atoms with Crippen molar-refractivity contribution in [1.82, 2.24) is 0 Å². The predicted molar refractivity (Wildman–Crippen MR) is 94.7 cm³/mol. The molecule has 1 amide bonds. The van der Waals surface area contributed by atoms with Crippen LogP contribution in [0.25, 0.3) is 21.7 Å². The van der Waals surface area contributed by atoms with Crippen molar-refractivity contribution < 1.29 is 13.9 Å². The van der Waals surface area contributed by atoms with Gasteiger partial charge in [0, 0.05) is 11.1 Å². The van der Waals surface area contributed by atoms with E-state index in [4.69, 9.17) is 9.15 Å². The molecule has 0 spiro atoms. The summed E-state index contributed by atoms with van der Waals surface area (Å²) in [5.74, 6) is 0.573. The molecule has 24 heavy (non-hydrogen) atoms. The highest BCUT2D eigenvalue weighted by Gasteiger charge is 2.15. The first kappa shape index (κ1) is 14.3. The van der Waals surface area contributed by atoms with Crippen molar-refractivity contribution in [3.8, 4) is 5.75 Å².